The van der Waals surface area contributed by atoms with E-state index in [-0.39, 0.29) is 23.9 Å². The molecule has 4 heterocycles. The highest BCUT2D eigenvalue weighted by molar-refractivity contribution is 5.90. The zero-order valence-corrected chi connectivity index (χ0v) is 29.3. The number of carbonyl (C=O) groups is 4. The highest BCUT2D eigenvalue weighted by Gasteiger charge is 2.42. The van der Waals surface area contributed by atoms with E-state index in [1.807, 2.05) is 24.3 Å². The number of aromatic amines is 2. The van der Waals surface area contributed by atoms with Crippen molar-refractivity contribution < 1.29 is 28.7 Å². The number of benzene rings is 2. The van der Waals surface area contributed by atoms with E-state index in [9.17, 15) is 19.2 Å². The molecule has 2 aliphatic heterocycles. The zero-order chi connectivity index (χ0) is 35.8. The number of carbonyl (C=O) groups excluding carboxylic acids is 4. The van der Waals surface area contributed by atoms with Crippen molar-refractivity contribution in [2.75, 3.05) is 27.3 Å². The number of hydrogen-bond donors (Lipinski definition) is 4. The number of H-pyrrole nitrogens is 2. The van der Waals surface area contributed by atoms with Gasteiger partial charge in [0.2, 0.25) is 11.8 Å². The van der Waals surface area contributed by atoms with Crippen LogP contribution in [-0.2, 0) is 19.1 Å². The van der Waals surface area contributed by atoms with Crippen LogP contribution in [-0.4, -0.2) is 92.1 Å². The molecule has 0 spiro atoms. The predicted octanol–water partition coefficient (Wildman–Crippen LogP) is 5.22. The number of nitrogens with zero attached hydrogens (tertiary/aromatic N) is 4. The summed E-state index contributed by atoms with van der Waals surface area (Å²) < 4.78 is 9.41. The summed E-state index contributed by atoms with van der Waals surface area (Å²) in [6, 6.07) is 13.8. The second-order valence-corrected chi connectivity index (χ2v) is 13.9. The predicted molar refractivity (Wildman–Crippen MR) is 186 cm³/mol. The Labute approximate surface area is 290 Å². The van der Waals surface area contributed by atoms with E-state index in [2.05, 4.69) is 43.8 Å². The van der Waals surface area contributed by atoms with E-state index < -0.39 is 23.3 Å². The van der Waals surface area contributed by atoms with Crippen LogP contribution < -0.4 is 10.6 Å². The number of amides is 4. The Bertz CT molecular complexity index is 1910. The third-order valence-corrected chi connectivity index (χ3v) is 9.55. The highest BCUT2D eigenvalue weighted by Crippen LogP contribution is 2.36. The molecule has 4 N–H and O–H groups in total. The van der Waals surface area contributed by atoms with Crippen LogP contribution in [0.3, 0.4) is 0 Å². The maximum absolute atomic E-state index is 13.4. The molecule has 4 amide bonds. The average Bonchev–Trinajstić information content (AvgIpc) is 3.92. The summed E-state index contributed by atoms with van der Waals surface area (Å²) >= 11 is 0. The number of fused-ring (bicyclic) bond motifs is 1. The molecule has 2 aromatic heterocycles. The van der Waals surface area contributed by atoms with Crippen LogP contribution in [0.2, 0.25) is 0 Å². The molecule has 0 unspecified atom stereocenters. The second kappa shape index (κ2) is 13.5. The fourth-order valence-corrected chi connectivity index (χ4v) is 6.89. The minimum Gasteiger partial charge on any atom is -0.453 e. The van der Waals surface area contributed by atoms with Crippen molar-refractivity contribution >= 4 is 35.0 Å². The monoisotopic (exact) mass is 684 g/mol. The van der Waals surface area contributed by atoms with Gasteiger partial charge in [0.25, 0.3) is 0 Å². The molecular weight excluding hydrogens is 640 g/mol. The molecule has 0 saturated carbocycles. The van der Waals surface area contributed by atoms with Crippen LogP contribution in [0.15, 0.2) is 48.7 Å². The van der Waals surface area contributed by atoms with Crippen LogP contribution >= 0.6 is 0 Å². The summed E-state index contributed by atoms with van der Waals surface area (Å²) in [6.45, 7) is 7.83. The second-order valence-electron chi connectivity index (χ2n) is 13.9. The van der Waals surface area contributed by atoms with E-state index in [4.69, 9.17) is 14.5 Å². The molecule has 264 valence electrons. The molecule has 0 aliphatic carbocycles. The van der Waals surface area contributed by atoms with Gasteiger partial charge in [0.05, 0.1) is 49.2 Å². The number of likely N-dealkylation sites (tertiary alicyclic amines) is 2. The standard InChI is InChI=1S/C36H44N8O6/c1-35(2,41-33(47)49-5)31(45)43-17-7-9-27(43)29-37-20-26(40-29)22-13-11-21(12-14-22)23-15-16-24-25(19-23)39-30(38-24)28-10-8-18-44(28)32(46)36(3,4)42-34(48)50-6/h11-16,19-20,27-28H,7-10,17-18H2,1-6H3,(H,37,40)(H,38,39)(H,41,47)(H,42,48)/t27-,28-/m0/s1. The smallest absolute Gasteiger partial charge is 0.407 e. The Balaban J connectivity index is 1.16. The number of imidazole rings is 2. The van der Waals surface area contributed by atoms with Crippen LogP contribution in [0, 0.1) is 0 Å². The Morgan fingerprint density at radius 2 is 1.26 bits per heavy atom. The van der Waals surface area contributed by atoms with Crippen LogP contribution in [0.5, 0.6) is 0 Å². The number of hydrogen-bond acceptors (Lipinski definition) is 8. The molecule has 2 fully saturated rings. The van der Waals surface area contributed by atoms with E-state index in [0.29, 0.717) is 24.7 Å². The molecule has 0 radical (unpaired) electrons. The van der Waals surface area contributed by atoms with Gasteiger partial charge in [-0.1, -0.05) is 30.3 Å². The molecule has 2 aromatic carbocycles. The Morgan fingerprint density at radius 1 is 0.740 bits per heavy atom. The van der Waals surface area contributed by atoms with Crippen molar-refractivity contribution in [2.45, 2.75) is 76.5 Å². The minimum absolute atomic E-state index is 0.193. The van der Waals surface area contributed by atoms with Crippen molar-refractivity contribution in [3.63, 3.8) is 0 Å². The molecule has 2 aliphatic rings. The van der Waals surface area contributed by atoms with Crippen LogP contribution in [0.25, 0.3) is 33.4 Å². The molecule has 0 bridgehead atoms. The summed E-state index contributed by atoms with van der Waals surface area (Å²) in [6.07, 6.45) is 3.68. The summed E-state index contributed by atoms with van der Waals surface area (Å²) in [5.41, 5.74) is 3.24. The van der Waals surface area contributed by atoms with Gasteiger partial charge < -0.3 is 39.9 Å². The topological polar surface area (TPSA) is 175 Å². The first-order valence-electron chi connectivity index (χ1n) is 16.8. The van der Waals surface area contributed by atoms with Crippen molar-refractivity contribution in [1.82, 2.24) is 40.4 Å². The van der Waals surface area contributed by atoms with Gasteiger partial charge in [0.15, 0.2) is 0 Å². The lowest BCUT2D eigenvalue weighted by Gasteiger charge is -2.32. The first-order valence-corrected chi connectivity index (χ1v) is 16.8. The van der Waals surface area contributed by atoms with E-state index >= 15 is 0 Å². The fourth-order valence-electron chi connectivity index (χ4n) is 6.89. The largest absolute Gasteiger partial charge is 0.453 e. The summed E-state index contributed by atoms with van der Waals surface area (Å²) in [5, 5.41) is 5.26. The van der Waals surface area contributed by atoms with Crippen LogP contribution in [0.4, 0.5) is 9.59 Å². The number of aromatic nitrogens is 4. The molecule has 14 heteroatoms. The normalized spacial score (nSPS) is 18.0. The quantitative estimate of drug-likeness (QED) is 0.196. The SMILES string of the molecule is COC(=O)NC(C)(C)C(=O)N1CCC[C@H]1c1ncc(-c2ccc(-c3ccc4nc([C@@H]5CCCN5C(=O)C(C)(C)NC(=O)OC)[nH]c4c3)cc2)[nH]1. The van der Waals surface area contributed by atoms with Gasteiger partial charge >= 0.3 is 12.2 Å². The van der Waals surface area contributed by atoms with Gasteiger partial charge in [-0.05, 0) is 82.2 Å². The lowest BCUT2D eigenvalue weighted by molar-refractivity contribution is -0.138. The average molecular weight is 685 g/mol. The Morgan fingerprint density at radius 3 is 1.82 bits per heavy atom. The molecule has 2 saturated heterocycles. The number of rotatable bonds is 8. The molecule has 2 atom stereocenters. The highest BCUT2D eigenvalue weighted by atomic mass is 16.5. The van der Waals surface area contributed by atoms with Gasteiger partial charge in [-0.3, -0.25) is 9.59 Å². The van der Waals surface area contributed by atoms with Crippen molar-refractivity contribution in [2.24, 2.45) is 0 Å². The molecular formula is C36H44N8O6. The Hall–Kier alpha value is -5.40. The van der Waals surface area contributed by atoms with Crippen LogP contribution in [0.1, 0.15) is 77.1 Å². The summed E-state index contributed by atoms with van der Waals surface area (Å²) in [7, 11) is 2.54. The van der Waals surface area contributed by atoms with Crippen molar-refractivity contribution in [3.8, 4) is 22.4 Å². The Kier molecular flexibility index (Phi) is 9.29. The van der Waals surface area contributed by atoms with E-state index in [1.54, 1.807) is 43.7 Å². The maximum atomic E-state index is 13.4. The third kappa shape index (κ3) is 6.74. The number of alkyl carbamates (subject to hydrolysis) is 2. The van der Waals surface area contributed by atoms with Gasteiger partial charge in [0.1, 0.15) is 22.7 Å². The molecule has 14 nitrogen and oxygen atoms in total. The first-order chi connectivity index (χ1) is 23.8. The summed E-state index contributed by atoms with van der Waals surface area (Å²) in [4.78, 5) is 70.4. The minimum atomic E-state index is -1.13. The summed E-state index contributed by atoms with van der Waals surface area (Å²) in [5.74, 6) is 1.03. The zero-order valence-electron chi connectivity index (χ0n) is 29.3. The fraction of sp³-hybridized carbons (Fsp3) is 0.444. The third-order valence-electron chi connectivity index (χ3n) is 9.55. The molecule has 4 aromatic rings. The lowest BCUT2D eigenvalue weighted by atomic mass is 10.0. The maximum Gasteiger partial charge on any atom is 0.407 e. The number of nitrogens with one attached hydrogen (secondary N) is 4. The van der Waals surface area contributed by atoms with Crippen molar-refractivity contribution in [1.29, 1.82) is 0 Å². The lowest BCUT2D eigenvalue weighted by Crippen LogP contribution is -2.55. The molecule has 6 rings (SSSR count). The van der Waals surface area contributed by atoms with Crippen molar-refractivity contribution in [3.05, 3.63) is 60.3 Å². The molecule has 50 heavy (non-hydrogen) atoms. The first kappa shape index (κ1) is 34.5. The number of methoxy groups -OCH3 is 2. The van der Waals surface area contributed by atoms with Gasteiger partial charge in [-0.2, -0.15) is 0 Å². The number of ether oxygens (including phenoxy) is 2. The van der Waals surface area contributed by atoms with Gasteiger partial charge in [-0.15, -0.1) is 0 Å². The van der Waals surface area contributed by atoms with E-state index in [1.165, 1.54) is 14.2 Å². The van der Waals surface area contributed by atoms with Gasteiger partial charge in [0, 0.05) is 13.1 Å². The van der Waals surface area contributed by atoms with E-state index in [0.717, 1.165) is 59.1 Å². The van der Waals surface area contributed by atoms with Gasteiger partial charge in [-0.25, -0.2) is 19.6 Å².